The molecule has 0 bridgehead atoms. The number of benzene rings is 1. The van der Waals surface area contributed by atoms with E-state index in [-0.39, 0.29) is 23.7 Å². The van der Waals surface area contributed by atoms with E-state index < -0.39 is 17.6 Å². The van der Waals surface area contributed by atoms with Crippen LogP contribution >= 0.6 is 0 Å². The number of nitrogens with zero attached hydrogens (tertiary/aromatic N) is 1. The summed E-state index contributed by atoms with van der Waals surface area (Å²) in [5, 5.41) is 0. The number of carbonyl (C=O) groups excluding carboxylic acids is 2. The highest BCUT2D eigenvalue weighted by Crippen LogP contribution is 2.19. The molecule has 0 spiro atoms. The van der Waals surface area contributed by atoms with Gasteiger partial charge in [-0.05, 0) is 25.0 Å². The van der Waals surface area contributed by atoms with Gasteiger partial charge in [-0.1, -0.05) is 13.8 Å². The molecular formula is C14H20FN3O2. The molecule has 0 radical (unpaired) electrons. The third-order valence-electron chi connectivity index (χ3n) is 2.85. The summed E-state index contributed by atoms with van der Waals surface area (Å²) in [6.07, 6.45) is 0. The Morgan fingerprint density at radius 3 is 2.40 bits per heavy atom. The number of primary amides is 1. The van der Waals surface area contributed by atoms with E-state index in [0.717, 1.165) is 6.07 Å². The fourth-order valence-electron chi connectivity index (χ4n) is 1.85. The average molecular weight is 281 g/mol. The molecular weight excluding hydrogens is 261 g/mol. The van der Waals surface area contributed by atoms with Crippen LogP contribution in [0.2, 0.25) is 0 Å². The number of hydrogen-bond donors (Lipinski definition) is 2. The molecule has 0 aromatic heterocycles. The molecule has 6 heteroatoms. The first-order valence-electron chi connectivity index (χ1n) is 6.35. The molecule has 0 aliphatic carbocycles. The van der Waals surface area contributed by atoms with E-state index in [2.05, 4.69) is 0 Å². The number of amides is 2. The van der Waals surface area contributed by atoms with Crippen LogP contribution in [0.4, 0.5) is 10.1 Å². The summed E-state index contributed by atoms with van der Waals surface area (Å²) >= 11 is 0. The van der Waals surface area contributed by atoms with E-state index in [9.17, 15) is 14.0 Å². The summed E-state index contributed by atoms with van der Waals surface area (Å²) in [5.74, 6) is -1.45. The number of nitrogen functional groups attached to an aromatic ring is 1. The van der Waals surface area contributed by atoms with Crippen molar-refractivity contribution in [2.24, 2.45) is 11.7 Å². The van der Waals surface area contributed by atoms with Gasteiger partial charge in [0.1, 0.15) is 5.82 Å². The molecule has 0 aliphatic heterocycles. The third-order valence-corrected chi connectivity index (χ3v) is 2.85. The minimum absolute atomic E-state index is 0.118. The second kappa shape index (κ2) is 6.36. The number of rotatable bonds is 5. The zero-order valence-electron chi connectivity index (χ0n) is 11.9. The van der Waals surface area contributed by atoms with Crippen LogP contribution in [0.1, 0.15) is 29.8 Å². The maximum Gasteiger partial charge on any atom is 0.254 e. The molecule has 110 valence electrons. The van der Waals surface area contributed by atoms with Crippen LogP contribution < -0.4 is 11.5 Å². The lowest BCUT2D eigenvalue weighted by molar-refractivity contribution is -0.118. The number of nitrogens with two attached hydrogens (primary N) is 2. The van der Waals surface area contributed by atoms with Crippen molar-refractivity contribution in [1.29, 1.82) is 0 Å². The number of anilines is 1. The number of halogens is 1. The van der Waals surface area contributed by atoms with Gasteiger partial charge < -0.3 is 16.4 Å². The van der Waals surface area contributed by atoms with Crippen LogP contribution in [0.3, 0.4) is 0 Å². The Labute approximate surface area is 117 Å². The van der Waals surface area contributed by atoms with E-state index in [1.807, 2.05) is 13.8 Å². The summed E-state index contributed by atoms with van der Waals surface area (Å²) < 4.78 is 13.6. The predicted molar refractivity (Wildman–Crippen MR) is 75.5 cm³/mol. The Hall–Kier alpha value is -2.11. The zero-order chi connectivity index (χ0) is 15.4. The topological polar surface area (TPSA) is 89.4 Å². The van der Waals surface area contributed by atoms with Crippen molar-refractivity contribution >= 4 is 17.5 Å². The van der Waals surface area contributed by atoms with Gasteiger partial charge in [-0.3, -0.25) is 9.59 Å². The van der Waals surface area contributed by atoms with Gasteiger partial charge in [0.05, 0.1) is 6.54 Å². The molecule has 2 amide bonds. The first-order chi connectivity index (χ1) is 9.22. The lowest BCUT2D eigenvalue weighted by atomic mass is 10.1. The van der Waals surface area contributed by atoms with Gasteiger partial charge in [-0.2, -0.15) is 0 Å². The van der Waals surface area contributed by atoms with Crippen LogP contribution in [0.15, 0.2) is 12.1 Å². The second-order valence-electron chi connectivity index (χ2n) is 5.22. The minimum atomic E-state index is -0.612. The van der Waals surface area contributed by atoms with E-state index in [0.29, 0.717) is 12.1 Å². The molecule has 1 aromatic carbocycles. The van der Waals surface area contributed by atoms with Crippen LogP contribution in [-0.4, -0.2) is 29.8 Å². The summed E-state index contributed by atoms with van der Waals surface area (Å²) in [6.45, 7) is 5.51. The number of hydrogen-bond acceptors (Lipinski definition) is 3. The third kappa shape index (κ3) is 3.94. The highest BCUT2D eigenvalue weighted by atomic mass is 19.1. The Morgan fingerprint density at radius 1 is 1.35 bits per heavy atom. The van der Waals surface area contributed by atoms with Crippen LogP contribution in [0.5, 0.6) is 0 Å². The molecule has 0 unspecified atom stereocenters. The Balaban J connectivity index is 3.08. The molecule has 0 aliphatic rings. The molecule has 1 rings (SSSR count). The molecule has 1 aromatic rings. The largest absolute Gasteiger partial charge is 0.398 e. The van der Waals surface area contributed by atoms with Gasteiger partial charge in [-0.15, -0.1) is 0 Å². The normalized spacial score (nSPS) is 10.7. The monoisotopic (exact) mass is 281 g/mol. The predicted octanol–water partition coefficient (Wildman–Crippen LogP) is 1.30. The maximum atomic E-state index is 13.6. The standard InChI is InChI=1S/C14H20FN3O2/c1-8(2)6-18(7-13(17)19)14(20)10-4-11(15)9(3)12(16)5-10/h4-5,8H,6-7,16H2,1-3H3,(H2,17,19). The first kappa shape index (κ1) is 15.9. The van der Waals surface area contributed by atoms with Crippen LogP contribution in [-0.2, 0) is 4.79 Å². The van der Waals surface area contributed by atoms with Crippen LogP contribution in [0.25, 0.3) is 0 Å². The molecule has 0 saturated carbocycles. The average Bonchev–Trinajstić information content (AvgIpc) is 2.32. The Kier molecular flexibility index (Phi) is 5.07. The summed E-state index contributed by atoms with van der Waals surface area (Å²) in [4.78, 5) is 24.7. The molecule has 4 N–H and O–H groups in total. The van der Waals surface area contributed by atoms with Gasteiger partial charge in [0, 0.05) is 23.4 Å². The second-order valence-corrected chi connectivity index (χ2v) is 5.22. The minimum Gasteiger partial charge on any atom is -0.398 e. The summed E-state index contributed by atoms with van der Waals surface area (Å²) in [6, 6.07) is 2.54. The van der Waals surface area contributed by atoms with E-state index in [1.54, 1.807) is 0 Å². The molecule has 5 nitrogen and oxygen atoms in total. The maximum absolute atomic E-state index is 13.6. The quantitative estimate of drug-likeness (QED) is 0.797. The van der Waals surface area contributed by atoms with Gasteiger partial charge in [0.15, 0.2) is 0 Å². The molecule has 0 saturated heterocycles. The first-order valence-corrected chi connectivity index (χ1v) is 6.35. The van der Waals surface area contributed by atoms with Gasteiger partial charge in [0.2, 0.25) is 5.91 Å². The highest BCUT2D eigenvalue weighted by Gasteiger charge is 2.20. The van der Waals surface area contributed by atoms with Crippen molar-refractivity contribution in [2.75, 3.05) is 18.8 Å². The fraction of sp³-hybridized carbons (Fsp3) is 0.429. The summed E-state index contributed by atoms with van der Waals surface area (Å²) in [7, 11) is 0. The van der Waals surface area contributed by atoms with Crippen molar-refractivity contribution in [3.05, 3.63) is 29.1 Å². The molecule has 0 atom stereocenters. The van der Waals surface area contributed by atoms with E-state index >= 15 is 0 Å². The fourth-order valence-corrected chi connectivity index (χ4v) is 1.85. The van der Waals surface area contributed by atoms with E-state index in [1.165, 1.54) is 17.9 Å². The van der Waals surface area contributed by atoms with Crippen molar-refractivity contribution < 1.29 is 14.0 Å². The van der Waals surface area contributed by atoms with Crippen LogP contribution in [0, 0.1) is 18.7 Å². The Bertz CT molecular complexity index is 506. The SMILES string of the molecule is Cc1c(N)cc(C(=O)N(CC(N)=O)CC(C)C)cc1F. The van der Waals surface area contributed by atoms with E-state index in [4.69, 9.17) is 11.5 Å². The van der Waals surface area contributed by atoms with Gasteiger partial charge in [-0.25, -0.2) is 4.39 Å². The van der Waals surface area contributed by atoms with Crippen molar-refractivity contribution in [3.8, 4) is 0 Å². The van der Waals surface area contributed by atoms with Gasteiger partial charge >= 0.3 is 0 Å². The highest BCUT2D eigenvalue weighted by molar-refractivity contribution is 5.97. The smallest absolute Gasteiger partial charge is 0.254 e. The number of carbonyl (C=O) groups is 2. The van der Waals surface area contributed by atoms with Crippen molar-refractivity contribution in [1.82, 2.24) is 4.90 Å². The Morgan fingerprint density at radius 2 is 1.95 bits per heavy atom. The molecule has 0 fully saturated rings. The van der Waals surface area contributed by atoms with Crippen molar-refractivity contribution in [3.63, 3.8) is 0 Å². The molecule has 20 heavy (non-hydrogen) atoms. The zero-order valence-corrected chi connectivity index (χ0v) is 11.9. The lowest BCUT2D eigenvalue weighted by Crippen LogP contribution is -2.40. The molecule has 0 heterocycles. The summed E-state index contributed by atoms with van der Waals surface area (Å²) in [5.41, 5.74) is 11.4. The lowest BCUT2D eigenvalue weighted by Gasteiger charge is -2.23. The van der Waals surface area contributed by atoms with Crippen molar-refractivity contribution in [2.45, 2.75) is 20.8 Å². The van der Waals surface area contributed by atoms with Gasteiger partial charge in [0.25, 0.3) is 5.91 Å².